The van der Waals surface area contributed by atoms with Crippen molar-refractivity contribution in [2.24, 2.45) is 17.6 Å². The van der Waals surface area contributed by atoms with Crippen molar-refractivity contribution < 1.29 is 4.42 Å². The molecular weight excluding hydrogens is 250 g/mol. The minimum atomic E-state index is 0.0343. The van der Waals surface area contributed by atoms with Crippen LogP contribution in [0.5, 0.6) is 0 Å². The smallest absolute Gasteiger partial charge is 0.208 e. The van der Waals surface area contributed by atoms with Gasteiger partial charge in [-0.05, 0) is 24.7 Å². The highest BCUT2D eigenvalue weighted by Gasteiger charge is 2.38. The van der Waals surface area contributed by atoms with Crippen molar-refractivity contribution in [2.45, 2.75) is 58.0 Å². The topological polar surface area (TPSA) is 55.3 Å². The lowest BCUT2D eigenvalue weighted by Crippen LogP contribution is -2.38. The molecule has 3 unspecified atom stereocenters. The molecule has 1 saturated carbocycles. The third kappa shape index (κ3) is 2.77. The summed E-state index contributed by atoms with van der Waals surface area (Å²) in [6.45, 7) is 9.56. The molecule has 2 aliphatic rings. The standard InChI is InChI=1S/C16H27N3O/c1-16(2,3)14-7-18-15(20-14)10-19-8-11-5-4-6-13(17)12(11)9-19/h7,11-13H,4-6,8-10,17H2,1-3H3. The second-order valence-corrected chi connectivity index (χ2v) is 7.58. The van der Waals surface area contributed by atoms with Gasteiger partial charge in [0.25, 0.3) is 0 Å². The number of nitrogens with zero attached hydrogens (tertiary/aromatic N) is 2. The van der Waals surface area contributed by atoms with Crippen molar-refractivity contribution in [1.29, 1.82) is 0 Å². The fourth-order valence-corrected chi connectivity index (χ4v) is 3.66. The van der Waals surface area contributed by atoms with E-state index >= 15 is 0 Å². The monoisotopic (exact) mass is 277 g/mol. The molecule has 3 rings (SSSR count). The van der Waals surface area contributed by atoms with Crippen molar-refractivity contribution in [3.05, 3.63) is 17.8 Å². The lowest BCUT2D eigenvalue weighted by molar-refractivity contribution is 0.256. The van der Waals surface area contributed by atoms with Crippen LogP contribution in [-0.2, 0) is 12.0 Å². The summed E-state index contributed by atoms with van der Waals surface area (Å²) in [5.41, 5.74) is 6.31. The molecular formula is C16H27N3O. The van der Waals surface area contributed by atoms with E-state index in [2.05, 4.69) is 30.7 Å². The van der Waals surface area contributed by atoms with Crippen LogP contribution in [0.15, 0.2) is 10.6 Å². The lowest BCUT2D eigenvalue weighted by atomic mass is 9.78. The number of nitrogens with two attached hydrogens (primary N) is 1. The van der Waals surface area contributed by atoms with Crippen LogP contribution in [0.1, 0.15) is 51.7 Å². The zero-order valence-electron chi connectivity index (χ0n) is 12.9. The summed E-state index contributed by atoms with van der Waals surface area (Å²) in [4.78, 5) is 6.91. The first kappa shape index (κ1) is 14.1. The van der Waals surface area contributed by atoms with E-state index in [1.165, 1.54) is 19.3 Å². The number of rotatable bonds is 2. The number of likely N-dealkylation sites (tertiary alicyclic amines) is 1. The van der Waals surface area contributed by atoms with Crippen LogP contribution < -0.4 is 5.73 Å². The van der Waals surface area contributed by atoms with E-state index < -0.39 is 0 Å². The lowest BCUT2D eigenvalue weighted by Gasteiger charge is -2.29. The van der Waals surface area contributed by atoms with E-state index in [1.54, 1.807) is 0 Å². The quantitative estimate of drug-likeness (QED) is 0.902. The van der Waals surface area contributed by atoms with Gasteiger partial charge in [0.15, 0.2) is 0 Å². The highest BCUT2D eigenvalue weighted by atomic mass is 16.4. The third-order valence-corrected chi connectivity index (χ3v) is 4.88. The number of hydrogen-bond acceptors (Lipinski definition) is 4. The van der Waals surface area contributed by atoms with E-state index in [-0.39, 0.29) is 5.41 Å². The molecule has 0 amide bonds. The summed E-state index contributed by atoms with van der Waals surface area (Å²) in [6, 6.07) is 0.397. The Kier molecular flexibility index (Phi) is 3.63. The molecule has 112 valence electrons. The van der Waals surface area contributed by atoms with E-state index in [1.807, 2.05) is 6.20 Å². The van der Waals surface area contributed by atoms with Crippen LogP contribution >= 0.6 is 0 Å². The maximum Gasteiger partial charge on any atom is 0.208 e. The van der Waals surface area contributed by atoms with Gasteiger partial charge in [0.1, 0.15) is 5.76 Å². The van der Waals surface area contributed by atoms with Crippen LogP contribution in [0.25, 0.3) is 0 Å². The second kappa shape index (κ2) is 5.15. The SMILES string of the molecule is CC(C)(C)c1cnc(CN2CC3CCCC(N)C3C2)o1. The van der Waals surface area contributed by atoms with Gasteiger partial charge >= 0.3 is 0 Å². The van der Waals surface area contributed by atoms with E-state index in [0.717, 1.165) is 37.2 Å². The number of aromatic nitrogens is 1. The van der Waals surface area contributed by atoms with Gasteiger partial charge in [-0.2, -0.15) is 0 Å². The zero-order valence-corrected chi connectivity index (χ0v) is 12.9. The number of fused-ring (bicyclic) bond motifs is 1. The molecule has 0 spiro atoms. The summed E-state index contributed by atoms with van der Waals surface area (Å²) in [5.74, 6) is 3.29. The third-order valence-electron chi connectivity index (χ3n) is 4.88. The molecule has 1 aliphatic carbocycles. The maximum absolute atomic E-state index is 6.27. The van der Waals surface area contributed by atoms with E-state index in [4.69, 9.17) is 10.2 Å². The molecule has 2 heterocycles. The fourth-order valence-electron chi connectivity index (χ4n) is 3.66. The largest absolute Gasteiger partial charge is 0.444 e. The number of oxazole rings is 1. The molecule has 4 heteroatoms. The predicted octanol–water partition coefficient (Wildman–Crippen LogP) is 2.53. The summed E-state index contributed by atoms with van der Waals surface area (Å²) < 4.78 is 5.91. The highest BCUT2D eigenvalue weighted by Crippen LogP contribution is 2.36. The van der Waals surface area contributed by atoms with Gasteiger partial charge in [0, 0.05) is 24.5 Å². The molecule has 2 N–H and O–H groups in total. The molecule has 1 aliphatic heterocycles. The first-order valence-electron chi connectivity index (χ1n) is 7.86. The van der Waals surface area contributed by atoms with Crippen molar-refractivity contribution in [3.8, 4) is 0 Å². The highest BCUT2D eigenvalue weighted by molar-refractivity contribution is 5.06. The second-order valence-electron chi connectivity index (χ2n) is 7.58. The van der Waals surface area contributed by atoms with Gasteiger partial charge in [-0.15, -0.1) is 0 Å². The van der Waals surface area contributed by atoms with Crippen molar-refractivity contribution >= 4 is 0 Å². The van der Waals surface area contributed by atoms with Crippen LogP contribution in [-0.4, -0.2) is 29.0 Å². The maximum atomic E-state index is 6.27. The average Bonchev–Trinajstić information content (AvgIpc) is 2.96. The Hall–Kier alpha value is -0.870. The van der Waals surface area contributed by atoms with Gasteiger partial charge in [-0.3, -0.25) is 4.90 Å². The van der Waals surface area contributed by atoms with Gasteiger partial charge < -0.3 is 10.2 Å². The molecule has 4 nitrogen and oxygen atoms in total. The van der Waals surface area contributed by atoms with Crippen LogP contribution in [0, 0.1) is 11.8 Å². The van der Waals surface area contributed by atoms with Crippen LogP contribution in [0.2, 0.25) is 0 Å². The minimum Gasteiger partial charge on any atom is -0.444 e. The molecule has 1 aromatic heterocycles. The van der Waals surface area contributed by atoms with Crippen molar-refractivity contribution in [1.82, 2.24) is 9.88 Å². The molecule has 1 saturated heterocycles. The normalized spacial score (nSPS) is 31.5. The first-order chi connectivity index (χ1) is 9.43. The average molecular weight is 277 g/mol. The summed E-state index contributed by atoms with van der Waals surface area (Å²) in [6.07, 6.45) is 5.71. The van der Waals surface area contributed by atoms with Crippen molar-refractivity contribution in [2.75, 3.05) is 13.1 Å². The molecule has 3 atom stereocenters. The Morgan fingerprint density at radius 2 is 2.15 bits per heavy atom. The molecule has 20 heavy (non-hydrogen) atoms. The van der Waals surface area contributed by atoms with Crippen LogP contribution in [0.3, 0.4) is 0 Å². The summed E-state index contributed by atoms with van der Waals surface area (Å²) in [7, 11) is 0. The fraction of sp³-hybridized carbons (Fsp3) is 0.812. The van der Waals surface area contributed by atoms with E-state index in [9.17, 15) is 0 Å². The Morgan fingerprint density at radius 1 is 1.35 bits per heavy atom. The minimum absolute atomic E-state index is 0.0343. The van der Waals surface area contributed by atoms with Crippen molar-refractivity contribution in [3.63, 3.8) is 0 Å². The molecule has 0 radical (unpaired) electrons. The first-order valence-corrected chi connectivity index (χ1v) is 7.86. The molecule has 0 aromatic carbocycles. The Bertz CT molecular complexity index is 463. The predicted molar refractivity (Wildman–Crippen MR) is 79.3 cm³/mol. The molecule has 0 bridgehead atoms. The Balaban J connectivity index is 1.63. The van der Waals surface area contributed by atoms with Gasteiger partial charge in [-0.25, -0.2) is 4.98 Å². The van der Waals surface area contributed by atoms with Gasteiger partial charge in [-0.1, -0.05) is 27.2 Å². The zero-order chi connectivity index (χ0) is 14.3. The summed E-state index contributed by atoms with van der Waals surface area (Å²) >= 11 is 0. The van der Waals surface area contributed by atoms with Crippen LogP contribution in [0.4, 0.5) is 0 Å². The van der Waals surface area contributed by atoms with Gasteiger partial charge in [0.05, 0.1) is 12.7 Å². The number of hydrogen-bond donors (Lipinski definition) is 1. The molecule has 2 fully saturated rings. The molecule has 1 aromatic rings. The van der Waals surface area contributed by atoms with Gasteiger partial charge in [0.2, 0.25) is 5.89 Å². The van der Waals surface area contributed by atoms with E-state index in [0.29, 0.717) is 12.0 Å². The summed E-state index contributed by atoms with van der Waals surface area (Å²) in [5, 5.41) is 0. The Labute approximate surface area is 121 Å². The Morgan fingerprint density at radius 3 is 2.80 bits per heavy atom.